The van der Waals surface area contributed by atoms with E-state index in [9.17, 15) is 4.79 Å². The number of hydrogen-bond acceptors (Lipinski definition) is 7. The zero-order valence-corrected chi connectivity index (χ0v) is 16.8. The van der Waals surface area contributed by atoms with Crippen LogP contribution in [0.25, 0.3) is 0 Å². The summed E-state index contributed by atoms with van der Waals surface area (Å²) in [5.41, 5.74) is 3.86. The quantitative estimate of drug-likeness (QED) is 0.234. The molecule has 152 valence electrons. The molecular weight excluding hydrogens is 392 g/mol. The molecule has 1 saturated heterocycles. The van der Waals surface area contributed by atoms with Crippen LogP contribution < -0.4 is 20.2 Å². The van der Waals surface area contributed by atoms with Gasteiger partial charge >= 0.3 is 5.97 Å². The lowest BCUT2D eigenvalue weighted by Gasteiger charge is -2.12. The third-order valence-corrected chi connectivity index (χ3v) is 4.42. The maximum Gasteiger partial charge on any atom is 0.345 e. The molecule has 0 spiro atoms. The molecule has 0 aliphatic carbocycles. The van der Waals surface area contributed by atoms with E-state index in [4.69, 9.17) is 26.4 Å². The normalized spacial score (nSPS) is 15.8. The number of ether oxygens (including phenoxy) is 3. The van der Waals surface area contributed by atoms with Crippen molar-refractivity contribution in [2.45, 2.75) is 18.9 Å². The van der Waals surface area contributed by atoms with Gasteiger partial charge in [-0.1, -0.05) is 0 Å². The van der Waals surface area contributed by atoms with Crippen molar-refractivity contribution >= 4 is 29.5 Å². The zero-order valence-electron chi connectivity index (χ0n) is 16.0. The summed E-state index contributed by atoms with van der Waals surface area (Å²) in [6, 6.07) is 8.40. The van der Waals surface area contributed by atoms with Gasteiger partial charge in [0.2, 0.25) is 0 Å². The van der Waals surface area contributed by atoms with Crippen molar-refractivity contribution in [3.8, 4) is 11.5 Å². The number of carbonyl (C=O) groups excluding carboxylic acids is 1. The number of benzene rings is 1. The lowest BCUT2D eigenvalue weighted by Crippen LogP contribution is -2.37. The van der Waals surface area contributed by atoms with Crippen molar-refractivity contribution in [1.82, 2.24) is 15.7 Å². The molecule has 0 radical (unpaired) electrons. The number of hydrogen-bond donors (Lipinski definition) is 2. The van der Waals surface area contributed by atoms with E-state index in [0.717, 1.165) is 25.0 Å². The zero-order chi connectivity index (χ0) is 20.5. The third kappa shape index (κ3) is 6.23. The molecule has 0 bridgehead atoms. The van der Waals surface area contributed by atoms with E-state index < -0.39 is 5.97 Å². The van der Waals surface area contributed by atoms with Gasteiger partial charge < -0.3 is 19.5 Å². The van der Waals surface area contributed by atoms with Crippen LogP contribution in [0.15, 0.2) is 47.8 Å². The number of esters is 1. The molecule has 1 aliphatic heterocycles. The van der Waals surface area contributed by atoms with Gasteiger partial charge in [-0.15, -0.1) is 0 Å². The first-order valence-corrected chi connectivity index (χ1v) is 9.55. The number of aromatic nitrogens is 1. The molecule has 3 rings (SSSR count). The van der Waals surface area contributed by atoms with Crippen LogP contribution in [0, 0.1) is 0 Å². The summed E-state index contributed by atoms with van der Waals surface area (Å²) in [4.78, 5) is 16.1. The number of pyridine rings is 1. The van der Waals surface area contributed by atoms with Gasteiger partial charge in [0, 0.05) is 25.5 Å². The number of nitrogens with zero attached hydrogens (tertiary/aromatic N) is 2. The number of methoxy groups -OCH3 is 1. The predicted molar refractivity (Wildman–Crippen MR) is 112 cm³/mol. The Bertz CT molecular complexity index is 870. The molecular formula is C20H22N4O4S. The van der Waals surface area contributed by atoms with Gasteiger partial charge in [-0.25, -0.2) is 4.79 Å². The molecule has 2 N–H and O–H groups in total. The minimum Gasteiger partial charge on any atom is -0.493 e. The highest BCUT2D eigenvalue weighted by molar-refractivity contribution is 7.80. The summed E-state index contributed by atoms with van der Waals surface area (Å²) < 4.78 is 16.2. The number of thiocarbonyl (C=S) groups is 1. The van der Waals surface area contributed by atoms with E-state index >= 15 is 0 Å². The van der Waals surface area contributed by atoms with E-state index in [1.165, 1.54) is 13.3 Å². The highest BCUT2D eigenvalue weighted by atomic mass is 32.1. The second kappa shape index (κ2) is 10.5. The molecule has 1 aromatic carbocycles. The van der Waals surface area contributed by atoms with E-state index in [1.807, 2.05) is 0 Å². The van der Waals surface area contributed by atoms with Crippen LogP contribution >= 0.6 is 12.2 Å². The Hall–Kier alpha value is -3.04. The Morgan fingerprint density at radius 3 is 3.03 bits per heavy atom. The van der Waals surface area contributed by atoms with Crippen molar-refractivity contribution in [3.63, 3.8) is 0 Å². The average molecular weight is 414 g/mol. The van der Waals surface area contributed by atoms with Crippen LogP contribution in [0.5, 0.6) is 11.5 Å². The molecule has 2 heterocycles. The lowest BCUT2D eigenvalue weighted by atomic mass is 10.2. The van der Waals surface area contributed by atoms with Crippen LogP contribution in [0.3, 0.4) is 0 Å². The molecule has 1 fully saturated rings. The van der Waals surface area contributed by atoms with Gasteiger partial charge in [0.25, 0.3) is 0 Å². The maximum absolute atomic E-state index is 12.2. The summed E-state index contributed by atoms with van der Waals surface area (Å²) >= 11 is 5.19. The SMILES string of the molecule is COc1cc(/C=N/NC(=S)NCC2CCCO2)ccc1OC(=O)c1cccnc1. The minimum absolute atomic E-state index is 0.199. The predicted octanol–water partition coefficient (Wildman–Crippen LogP) is 2.29. The van der Waals surface area contributed by atoms with Gasteiger partial charge in [0.1, 0.15) is 0 Å². The number of nitrogens with one attached hydrogen (secondary N) is 2. The summed E-state index contributed by atoms with van der Waals surface area (Å²) in [5.74, 6) is 0.202. The van der Waals surface area contributed by atoms with Crippen molar-refractivity contribution in [1.29, 1.82) is 0 Å². The largest absolute Gasteiger partial charge is 0.493 e. The Morgan fingerprint density at radius 1 is 1.41 bits per heavy atom. The highest BCUT2D eigenvalue weighted by Crippen LogP contribution is 2.28. The van der Waals surface area contributed by atoms with E-state index in [0.29, 0.717) is 28.7 Å². The Kier molecular flexibility index (Phi) is 7.48. The fraction of sp³-hybridized carbons (Fsp3) is 0.300. The van der Waals surface area contributed by atoms with Crippen LogP contribution in [-0.2, 0) is 4.74 Å². The molecule has 1 atom stereocenters. The smallest absolute Gasteiger partial charge is 0.345 e. The second-order valence-electron chi connectivity index (χ2n) is 6.26. The number of hydrazone groups is 1. The van der Waals surface area contributed by atoms with Crippen molar-refractivity contribution in [2.24, 2.45) is 5.10 Å². The van der Waals surface area contributed by atoms with Crippen LogP contribution in [-0.4, -0.2) is 48.6 Å². The van der Waals surface area contributed by atoms with Gasteiger partial charge in [-0.3, -0.25) is 10.4 Å². The molecule has 8 nitrogen and oxygen atoms in total. The molecule has 0 saturated carbocycles. The molecule has 1 aromatic heterocycles. The van der Waals surface area contributed by atoms with Crippen molar-refractivity contribution in [3.05, 3.63) is 53.9 Å². The number of carbonyl (C=O) groups is 1. The maximum atomic E-state index is 12.2. The van der Waals surface area contributed by atoms with Crippen LogP contribution in [0.2, 0.25) is 0 Å². The third-order valence-electron chi connectivity index (χ3n) is 4.18. The lowest BCUT2D eigenvalue weighted by molar-refractivity contribution is 0.0729. The summed E-state index contributed by atoms with van der Waals surface area (Å²) in [5, 5.41) is 7.61. The summed E-state index contributed by atoms with van der Waals surface area (Å²) in [6.07, 6.45) is 6.94. The number of rotatable bonds is 7. The Morgan fingerprint density at radius 2 is 2.31 bits per heavy atom. The fourth-order valence-electron chi connectivity index (χ4n) is 2.71. The molecule has 9 heteroatoms. The first kappa shape index (κ1) is 20.7. The molecule has 0 amide bonds. The first-order chi connectivity index (χ1) is 14.2. The van der Waals surface area contributed by atoms with Crippen LogP contribution in [0.1, 0.15) is 28.8 Å². The van der Waals surface area contributed by atoms with E-state index in [-0.39, 0.29) is 6.10 Å². The monoisotopic (exact) mass is 414 g/mol. The van der Waals surface area contributed by atoms with E-state index in [2.05, 4.69) is 20.8 Å². The van der Waals surface area contributed by atoms with Crippen molar-refractivity contribution < 1.29 is 19.0 Å². The second-order valence-corrected chi connectivity index (χ2v) is 6.66. The topological polar surface area (TPSA) is 94.1 Å². The summed E-state index contributed by atoms with van der Waals surface area (Å²) in [7, 11) is 1.50. The molecule has 29 heavy (non-hydrogen) atoms. The Balaban J connectivity index is 1.54. The molecule has 1 unspecified atom stereocenters. The first-order valence-electron chi connectivity index (χ1n) is 9.14. The standard InChI is InChI=1S/C20H22N4O4S/c1-26-18-10-14(11-23-24-20(29)22-13-16-5-3-9-27-16)6-7-17(18)28-19(25)15-4-2-8-21-12-15/h2,4,6-8,10-12,16H,3,5,9,13H2,1H3,(H2,22,24,29)/b23-11+. The molecule has 2 aromatic rings. The van der Waals surface area contributed by atoms with Crippen LogP contribution in [0.4, 0.5) is 0 Å². The Labute approximate surface area is 174 Å². The summed E-state index contributed by atoms with van der Waals surface area (Å²) in [6.45, 7) is 1.46. The average Bonchev–Trinajstić information content (AvgIpc) is 3.27. The van der Waals surface area contributed by atoms with Gasteiger partial charge in [-0.2, -0.15) is 5.10 Å². The van der Waals surface area contributed by atoms with E-state index in [1.54, 1.807) is 42.7 Å². The fourth-order valence-corrected chi connectivity index (χ4v) is 2.84. The van der Waals surface area contributed by atoms with Gasteiger partial charge in [0.15, 0.2) is 16.6 Å². The van der Waals surface area contributed by atoms with Gasteiger partial charge in [0.05, 0.1) is 25.0 Å². The molecule has 1 aliphatic rings. The highest BCUT2D eigenvalue weighted by Gasteiger charge is 2.15. The minimum atomic E-state index is -0.512. The van der Waals surface area contributed by atoms with Crippen molar-refractivity contribution in [2.75, 3.05) is 20.3 Å². The van der Waals surface area contributed by atoms with Gasteiger partial charge in [-0.05, 0) is 61.0 Å².